The maximum atomic E-state index is 11.7. The van der Waals surface area contributed by atoms with Gasteiger partial charge in [-0.25, -0.2) is 9.59 Å². The van der Waals surface area contributed by atoms with E-state index < -0.39 is 33.2 Å². The van der Waals surface area contributed by atoms with Crippen LogP contribution in [0, 0.1) is 20.2 Å². The van der Waals surface area contributed by atoms with Gasteiger partial charge >= 0.3 is 23.3 Å². The van der Waals surface area contributed by atoms with Gasteiger partial charge in [-0.2, -0.15) is 0 Å². The molecule has 0 heterocycles. The zero-order chi connectivity index (χ0) is 29.1. The predicted molar refractivity (Wildman–Crippen MR) is 134 cm³/mol. The molecule has 0 radical (unpaired) electrons. The van der Waals surface area contributed by atoms with Gasteiger partial charge in [0.2, 0.25) is 0 Å². The first-order valence-corrected chi connectivity index (χ1v) is 11.0. The monoisotopic (exact) mass is 528 g/mol. The van der Waals surface area contributed by atoms with Crippen LogP contribution in [0.25, 0.3) is 17.1 Å². The van der Waals surface area contributed by atoms with Crippen LogP contribution >= 0.6 is 0 Å². The first-order valence-electron chi connectivity index (χ1n) is 11.0. The van der Waals surface area contributed by atoms with Gasteiger partial charge < -0.3 is 26.1 Å². The van der Waals surface area contributed by atoms with Crippen molar-refractivity contribution in [3.05, 3.63) is 110 Å². The van der Waals surface area contributed by atoms with Gasteiger partial charge in [-0.15, -0.1) is 0 Å². The Bertz CT molecular complexity index is 1140. The summed E-state index contributed by atoms with van der Waals surface area (Å²) in [7, 11) is 0. The van der Waals surface area contributed by atoms with Crippen LogP contribution in [0.15, 0.2) is 67.2 Å². The van der Waals surface area contributed by atoms with Gasteiger partial charge in [-0.3, -0.25) is 20.2 Å². The Balaban J connectivity index is 0.000000563. The number of ether oxygens (including phenoxy) is 2. The first kappa shape index (κ1) is 32.9. The Morgan fingerprint density at radius 1 is 1.05 bits per heavy atom. The smallest absolute Gasteiger partial charge is 0.510 e. The summed E-state index contributed by atoms with van der Waals surface area (Å²) in [6.07, 6.45) is 2.06. The molecule has 1 saturated carbocycles. The minimum Gasteiger partial charge on any atom is -0.510 e. The normalized spacial score (nSPS) is 16.0. The van der Waals surface area contributed by atoms with Gasteiger partial charge in [-0.1, -0.05) is 78.1 Å². The van der Waals surface area contributed by atoms with Crippen molar-refractivity contribution in [1.29, 1.82) is 0 Å². The Hall–Kier alpha value is -5.10. The summed E-state index contributed by atoms with van der Waals surface area (Å²) in [5, 5.41) is 20.9. The van der Waals surface area contributed by atoms with Crippen LogP contribution in [0.1, 0.15) is 37.3 Å². The van der Waals surface area contributed by atoms with Gasteiger partial charge in [-0.05, 0) is 25.0 Å². The van der Waals surface area contributed by atoms with Crippen LogP contribution in [-0.2, 0) is 19.1 Å². The average Bonchev–Trinajstić information content (AvgIpc) is 3.70. The molecule has 0 aromatic heterocycles. The highest BCUT2D eigenvalue weighted by Gasteiger charge is 2.73. The number of hydrogen-bond donors (Lipinski definition) is 1. The second-order valence-corrected chi connectivity index (χ2v) is 7.09. The highest BCUT2D eigenvalue weighted by molar-refractivity contribution is 6.28. The molecule has 0 amide bonds. The van der Waals surface area contributed by atoms with Gasteiger partial charge in [0.25, 0.3) is 0 Å². The fraction of sp³-hybridized carbons (Fsp3) is 0.292. The number of benzene rings is 2. The fourth-order valence-corrected chi connectivity index (χ4v) is 3.03. The van der Waals surface area contributed by atoms with E-state index >= 15 is 0 Å². The number of nitrogens with two attached hydrogens (primary N) is 1. The van der Waals surface area contributed by atoms with Crippen molar-refractivity contribution < 1.29 is 39.2 Å². The highest BCUT2D eigenvalue weighted by atomic mass is 16.6. The number of hydrogen-bond acceptors (Lipinski definition) is 8. The van der Waals surface area contributed by atoms with E-state index in [1.807, 2.05) is 54.6 Å². The quantitative estimate of drug-likeness (QED) is 0.111. The molecule has 0 aliphatic heterocycles. The van der Waals surface area contributed by atoms with Crippen LogP contribution in [0.5, 0.6) is 0 Å². The number of carbonyl (C=O) groups excluding carboxylic acids is 2. The van der Waals surface area contributed by atoms with E-state index in [9.17, 15) is 29.8 Å². The maximum Gasteiger partial charge on any atom is 0.690 e. The van der Waals surface area contributed by atoms with Crippen LogP contribution < -0.4 is 5.53 Å². The van der Waals surface area contributed by atoms with E-state index in [0.29, 0.717) is 0 Å². The Morgan fingerprint density at radius 2 is 1.55 bits per heavy atom. The van der Waals surface area contributed by atoms with E-state index in [4.69, 9.17) is 15.8 Å². The van der Waals surface area contributed by atoms with Crippen LogP contribution in [-0.4, -0.2) is 51.2 Å². The van der Waals surface area contributed by atoms with Crippen molar-refractivity contribution in [3.8, 4) is 0 Å². The molecule has 0 spiro atoms. The molecule has 1 aliphatic rings. The third-order valence-corrected chi connectivity index (χ3v) is 4.85. The molecule has 3 rings (SSSR count). The first-order chi connectivity index (χ1) is 18.2. The summed E-state index contributed by atoms with van der Waals surface area (Å²) in [4.78, 5) is 43.6. The molecule has 14 nitrogen and oxygen atoms in total. The summed E-state index contributed by atoms with van der Waals surface area (Å²) in [5.41, 5.74) is 18.4. The van der Waals surface area contributed by atoms with Crippen molar-refractivity contribution >= 4 is 23.9 Å². The number of nitro groups is 2. The average molecular weight is 529 g/mol. The number of rotatable bonds is 6. The highest BCUT2D eigenvalue weighted by Crippen LogP contribution is 2.54. The third kappa shape index (κ3) is 9.51. The fourth-order valence-electron chi connectivity index (χ4n) is 3.03. The molecule has 14 heteroatoms. The molecule has 0 saturated heterocycles. The molecule has 2 N–H and O–H groups in total. The van der Waals surface area contributed by atoms with Crippen LogP contribution in [0.3, 0.4) is 0 Å². The summed E-state index contributed by atoms with van der Waals surface area (Å²) in [5.74, 6) is -3.55. The molecule has 2 aromatic rings. The molecule has 1 aliphatic carbocycles. The molecular weight excluding hydrogens is 500 g/mol. The lowest BCUT2D eigenvalue weighted by molar-refractivity contribution is -0.527. The number of carbonyl (C=O) groups is 2. The van der Waals surface area contributed by atoms with Gasteiger partial charge in [0, 0.05) is 11.3 Å². The standard InChI is InChI=1S/C12H13NO4.C8H8.C4H5N3O4.H2N2/c1-2-17-11(14)12(13(15)16)8-10(12)9-6-4-3-5-7-9;1-2-8-6-4-3-5-7-8;1-2-11-4(8)3(6-5)7(9)10;1-2/h3-7,10H,2,8H2,1H3;2-7H,1H2;2H2,1H3;1H2. The van der Waals surface area contributed by atoms with Crippen molar-refractivity contribution in [2.45, 2.75) is 31.7 Å². The zero-order valence-electron chi connectivity index (χ0n) is 20.8. The summed E-state index contributed by atoms with van der Waals surface area (Å²) in [6, 6.07) is 19.1. The van der Waals surface area contributed by atoms with E-state index in [2.05, 4.69) is 21.6 Å². The lowest BCUT2D eigenvalue weighted by Gasteiger charge is -2.08. The van der Waals surface area contributed by atoms with Crippen LogP contribution in [0.4, 0.5) is 0 Å². The molecule has 2 atom stereocenters. The van der Waals surface area contributed by atoms with Crippen molar-refractivity contribution in [2.24, 2.45) is 0 Å². The number of amidine groups is 1. The Kier molecular flexibility index (Phi) is 15.0. The number of nitrogens with zero attached hydrogens (tertiary/aromatic N) is 5. The third-order valence-electron chi connectivity index (χ3n) is 4.85. The largest absolute Gasteiger partial charge is 0.690 e. The predicted octanol–water partition coefficient (Wildman–Crippen LogP) is 2.30. The van der Waals surface area contributed by atoms with E-state index in [0.717, 1.165) is 5.56 Å². The van der Waals surface area contributed by atoms with Crippen molar-refractivity contribution in [3.63, 3.8) is 0 Å². The molecule has 202 valence electrons. The van der Waals surface area contributed by atoms with Crippen molar-refractivity contribution in [1.82, 2.24) is 0 Å². The minimum absolute atomic E-state index is 0.00824. The molecule has 1 fully saturated rings. The summed E-state index contributed by atoms with van der Waals surface area (Å²) in [6.45, 7) is 6.91. The number of esters is 2. The molecule has 2 unspecified atom stereocenters. The molecule has 0 bridgehead atoms. The van der Waals surface area contributed by atoms with E-state index in [1.165, 1.54) is 12.5 Å². The Morgan fingerprint density at radius 3 is 1.92 bits per heavy atom. The van der Waals surface area contributed by atoms with E-state index in [1.54, 1.807) is 19.1 Å². The van der Waals surface area contributed by atoms with Gasteiger partial charge in [0.05, 0.1) is 19.1 Å². The Labute approximate surface area is 218 Å². The SMILES string of the molecule is C=Cc1ccccc1.CCOC(=O)C(=[N+]=[N-])[N+](=O)[O-].CCOC(=O)C1([N+](=O)[O-])CC1c1ccccc1.[N-]=[NH2+]. The second-order valence-electron chi connectivity index (χ2n) is 7.09. The molecule has 38 heavy (non-hydrogen) atoms. The topological polar surface area (TPSA) is 223 Å². The molecular formula is C24H28N6O8. The molecule has 2 aromatic carbocycles. The zero-order valence-corrected chi connectivity index (χ0v) is 20.8. The summed E-state index contributed by atoms with van der Waals surface area (Å²) < 4.78 is 8.99. The second kappa shape index (κ2) is 17.3. The van der Waals surface area contributed by atoms with Crippen molar-refractivity contribution in [2.75, 3.05) is 13.2 Å². The summed E-state index contributed by atoms with van der Waals surface area (Å²) >= 11 is 0. The minimum atomic E-state index is -1.56. The van der Waals surface area contributed by atoms with Gasteiger partial charge in [0.1, 0.15) is 0 Å². The maximum absolute atomic E-state index is 11.7. The lowest BCUT2D eigenvalue weighted by Crippen LogP contribution is -2.35. The van der Waals surface area contributed by atoms with Crippen LogP contribution in [0.2, 0.25) is 0 Å². The van der Waals surface area contributed by atoms with E-state index in [-0.39, 0.29) is 25.6 Å². The lowest BCUT2D eigenvalue weighted by atomic mass is 10.1. The van der Waals surface area contributed by atoms with Gasteiger partial charge in [0.15, 0.2) is 4.92 Å².